The Balaban J connectivity index is 2.90. The molecule has 0 saturated heterocycles. The van der Waals surface area contributed by atoms with E-state index in [9.17, 15) is 0 Å². The standard InChI is InChI=1S/C12H16N2O/c1-3-14(4-2)11-7-5-6-8-12(11)15-10-9-13/h5-8H,3-4,10H2,1-2H3. The third-order valence-electron chi connectivity index (χ3n) is 2.26. The summed E-state index contributed by atoms with van der Waals surface area (Å²) in [5.41, 5.74) is 1.05. The molecule has 0 atom stereocenters. The first-order valence-corrected chi connectivity index (χ1v) is 5.17. The van der Waals surface area contributed by atoms with Crippen LogP contribution >= 0.6 is 0 Å². The van der Waals surface area contributed by atoms with Crippen molar-refractivity contribution in [3.05, 3.63) is 24.3 Å². The van der Waals surface area contributed by atoms with Gasteiger partial charge in [-0.05, 0) is 26.0 Å². The number of hydrogen-bond acceptors (Lipinski definition) is 3. The van der Waals surface area contributed by atoms with Crippen LogP contribution in [0.5, 0.6) is 5.75 Å². The highest BCUT2D eigenvalue weighted by Gasteiger charge is 2.07. The summed E-state index contributed by atoms with van der Waals surface area (Å²) in [4.78, 5) is 2.20. The van der Waals surface area contributed by atoms with Crippen LogP contribution < -0.4 is 9.64 Å². The molecule has 0 aromatic heterocycles. The van der Waals surface area contributed by atoms with E-state index in [-0.39, 0.29) is 6.61 Å². The molecule has 0 radical (unpaired) electrons. The van der Waals surface area contributed by atoms with Crippen LogP contribution in [0.2, 0.25) is 0 Å². The van der Waals surface area contributed by atoms with Crippen molar-refractivity contribution in [2.45, 2.75) is 13.8 Å². The second kappa shape index (κ2) is 5.92. The van der Waals surface area contributed by atoms with E-state index in [2.05, 4.69) is 18.7 Å². The maximum Gasteiger partial charge on any atom is 0.174 e. The number of nitriles is 1. The van der Waals surface area contributed by atoms with Gasteiger partial charge in [-0.1, -0.05) is 12.1 Å². The monoisotopic (exact) mass is 204 g/mol. The summed E-state index contributed by atoms with van der Waals surface area (Å²) in [5.74, 6) is 0.780. The first kappa shape index (κ1) is 11.4. The first-order valence-electron chi connectivity index (χ1n) is 5.17. The van der Waals surface area contributed by atoms with E-state index in [1.807, 2.05) is 30.3 Å². The molecule has 15 heavy (non-hydrogen) atoms. The molecule has 0 aliphatic carbocycles. The van der Waals surface area contributed by atoms with Crippen molar-refractivity contribution in [1.82, 2.24) is 0 Å². The molecule has 1 aromatic carbocycles. The van der Waals surface area contributed by atoms with Gasteiger partial charge in [0.05, 0.1) is 5.69 Å². The minimum atomic E-state index is 0.0955. The van der Waals surface area contributed by atoms with Crippen LogP contribution in [0.3, 0.4) is 0 Å². The number of para-hydroxylation sites is 2. The Hall–Kier alpha value is -1.69. The number of ether oxygens (including phenoxy) is 1. The van der Waals surface area contributed by atoms with Gasteiger partial charge >= 0.3 is 0 Å². The molecule has 0 aliphatic heterocycles. The number of anilines is 1. The van der Waals surface area contributed by atoms with E-state index in [0.717, 1.165) is 24.5 Å². The van der Waals surface area contributed by atoms with Crippen molar-refractivity contribution >= 4 is 5.69 Å². The van der Waals surface area contributed by atoms with Gasteiger partial charge in [-0.3, -0.25) is 0 Å². The Morgan fingerprint density at radius 1 is 1.27 bits per heavy atom. The smallest absolute Gasteiger partial charge is 0.174 e. The maximum atomic E-state index is 8.48. The van der Waals surface area contributed by atoms with Crippen molar-refractivity contribution in [2.75, 3.05) is 24.6 Å². The van der Waals surface area contributed by atoms with Gasteiger partial charge in [0.2, 0.25) is 0 Å². The maximum absolute atomic E-state index is 8.48. The summed E-state index contributed by atoms with van der Waals surface area (Å²) >= 11 is 0. The quantitative estimate of drug-likeness (QED) is 0.739. The molecule has 0 spiro atoms. The zero-order chi connectivity index (χ0) is 11.1. The normalized spacial score (nSPS) is 9.40. The number of nitrogens with zero attached hydrogens (tertiary/aromatic N) is 2. The number of hydrogen-bond donors (Lipinski definition) is 0. The Kier molecular flexibility index (Phi) is 4.49. The highest BCUT2D eigenvalue weighted by atomic mass is 16.5. The highest BCUT2D eigenvalue weighted by Crippen LogP contribution is 2.27. The lowest BCUT2D eigenvalue weighted by Crippen LogP contribution is -2.22. The fourth-order valence-corrected chi connectivity index (χ4v) is 1.51. The van der Waals surface area contributed by atoms with E-state index < -0.39 is 0 Å². The van der Waals surface area contributed by atoms with E-state index in [0.29, 0.717) is 0 Å². The topological polar surface area (TPSA) is 36.3 Å². The van der Waals surface area contributed by atoms with Crippen LogP contribution in [0.1, 0.15) is 13.8 Å². The molecule has 80 valence electrons. The third-order valence-corrected chi connectivity index (χ3v) is 2.26. The second-order valence-electron chi connectivity index (χ2n) is 3.09. The summed E-state index contributed by atoms with van der Waals surface area (Å²) in [6, 6.07) is 9.78. The minimum Gasteiger partial charge on any atom is -0.477 e. The van der Waals surface area contributed by atoms with Crippen LogP contribution in [0.15, 0.2) is 24.3 Å². The molecule has 1 rings (SSSR count). The molecule has 0 unspecified atom stereocenters. The van der Waals surface area contributed by atoms with E-state index >= 15 is 0 Å². The average molecular weight is 204 g/mol. The van der Waals surface area contributed by atoms with Gasteiger partial charge in [0.25, 0.3) is 0 Å². The van der Waals surface area contributed by atoms with E-state index in [1.165, 1.54) is 0 Å². The predicted octanol–water partition coefficient (Wildman–Crippen LogP) is 2.44. The predicted molar refractivity (Wildman–Crippen MR) is 61.1 cm³/mol. The Bertz CT molecular complexity index is 340. The summed E-state index contributed by atoms with van der Waals surface area (Å²) in [5, 5.41) is 8.48. The lowest BCUT2D eigenvalue weighted by molar-refractivity contribution is 0.368. The van der Waals surface area contributed by atoms with Crippen molar-refractivity contribution in [3.63, 3.8) is 0 Å². The lowest BCUT2D eigenvalue weighted by Gasteiger charge is -2.23. The largest absolute Gasteiger partial charge is 0.477 e. The molecule has 0 saturated carbocycles. The third kappa shape index (κ3) is 2.88. The van der Waals surface area contributed by atoms with Gasteiger partial charge < -0.3 is 9.64 Å². The van der Waals surface area contributed by atoms with Crippen LogP contribution in [-0.4, -0.2) is 19.7 Å². The zero-order valence-corrected chi connectivity index (χ0v) is 9.23. The minimum absolute atomic E-state index is 0.0955. The van der Waals surface area contributed by atoms with E-state index in [1.54, 1.807) is 0 Å². The molecular weight excluding hydrogens is 188 g/mol. The molecular formula is C12H16N2O. The molecule has 0 heterocycles. The summed E-state index contributed by atoms with van der Waals surface area (Å²) in [7, 11) is 0. The molecule has 0 amide bonds. The molecule has 0 fully saturated rings. The van der Waals surface area contributed by atoms with Crippen molar-refractivity contribution in [3.8, 4) is 11.8 Å². The van der Waals surface area contributed by atoms with Gasteiger partial charge in [-0.15, -0.1) is 0 Å². The highest BCUT2D eigenvalue weighted by molar-refractivity contribution is 5.58. The van der Waals surface area contributed by atoms with Crippen LogP contribution in [0.4, 0.5) is 5.69 Å². The fraction of sp³-hybridized carbons (Fsp3) is 0.417. The average Bonchev–Trinajstić information content (AvgIpc) is 2.29. The second-order valence-corrected chi connectivity index (χ2v) is 3.09. The molecule has 0 N–H and O–H groups in total. The zero-order valence-electron chi connectivity index (χ0n) is 9.23. The Morgan fingerprint density at radius 2 is 1.93 bits per heavy atom. The van der Waals surface area contributed by atoms with Crippen LogP contribution in [-0.2, 0) is 0 Å². The SMILES string of the molecule is CCN(CC)c1ccccc1OCC#N. The van der Waals surface area contributed by atoms with Gasteiger partial charge in [-0.2, -0.15) is 5.26 Å². The number of benzene rings is 1. The molecule has 1 aromatic rings. The summed E-state index contributed by atoms with van der Waals surface area (Å²) < 4.78 is 5.37. The number of rotatable bonds is 5. The van der Waals surface area contributed by atoms with Gasteiger partial charge in [-0.25, -0.2) is 0 Å². The molecule has 3 nitrogen and oxygen atoms in total. The molecule has 3 heteroatoms. The fourth-order valence-electron chi connectivity index (χ4n) is 1.51. The summed E-state index contributed by atoms with van der Waals surface area (Å²) in [6.07, 6.45) is 0. The summed E-state index contributed by atoms with van der Waals surface area (Å²) in [6.45, 7) is 6.17. The van der Waals surface area contributed by atoms with Crippen LogP contribution in [0, 0.1) is 11.3 Å². The van der Waals surface area contributed by atoms with Crippen molar-refractivity contribution in [1.29, 1.82) is 5.26 Å². The lowest BCUT2D eigenvalue weighted by atomic mass is 10.2. The van der Waals surface area contributed by atoms with Crippen molar-refractivity contribution in [2.24, 2.45) is 0 Å². The Labute approximate surface area is 90.9 Å². The van der Waals surface area contributed by atoms with Crippen LogP contribution in [0.25, 0.3) is 0 Å². The van der Waals surface area contributed by atoms with E-state index in [4.69, 9.17) is 10.00 Å². The molecule has 0 aliphatic rings. The van der Waals surface area contributed by atoms with Gasteiger partial charge in [0.15, 0.2) is 6.61 Å². The first-order chi connectivity index (χ1) is 7.33. The Morgan fingerprint density at radius 3 is 2.53 bits per heavy atom. The van der Waals surface area contributed by atoms with Gasteiger partial charge in [0.1, 0.15) is 11.8 Å². The molecule has 0 bridgehead atoms. The van der Waals surface area contributed by atoms with Gasteiger partial charge in [0, 0.05) is 13.1 Å². The van der Waals surface area contributed by atoms with Crippen molar-refractivity contribution < 1.29 is 4.74 Å².